The molecule has 6 nitrogen and oxygen atoms in total. The van der Waals surface area contributed by atoms with E-state index in [1.807, 2.05) is 27.7 Å². The van der Waals surface area contributed by atoms with Crippen LogP contribution in [0.5, 0.6) is 0 Å². The van der Waals surface area contributed by atoms with E-state index >= 15 is 0 Å². The first-order valence-corrected chi connectivity index (χ1v) is 13.7. The number of nitrogens with zero attached hydrogens (tertiary/aromatic N) is 2. The molecule has 1 saturated carbocycles. The molecule has 1 aromatic heterocycles. The maximum Gasteiger partial charge on any atom is 0.416 e. The predicted molar refractivity (Wildman–Crippen MR) is 136 cm³/mol. The predicted octanol–water partition coefficient (Wildman–Crippen LogP) is 5.23. The lowest BCUT2D eigenvalue weighted by Gasteiger charge is -2.32. The minimum atomic E-state index is -4.58. The summed E-state index contributed by atoms with van der Waals surface area (Å²) in [6.07, 6.45) is 1.01. The van der Waals surface area contributed by atoms with E-state index in [1.165, 1.54) is 4.57 Å². The molecule has 3 heterocycles. The van der Waals surface area contributed by atoms with Crippen molar-refractivity contribution in [2.24, 2.45) is 11.8 Å². The SMILES string of the molecule is CC.CC.C[C@@H]1CCOCCC[C@@H]1N[C@@H]1CC[C@H](C(=O)N2CCn3c(cc(C(F)(F)F)cc3=O)C2)C1. The van der Waals surface area contributed by atoms with Gasteiger partial charge in [0.05, 0.1) is 12.1 Å². The van der Waals surface area contributed by atoms with Crippen LogP contribution in [0.4, 0.5) is 13.2 Å². The van der Waals surface area contributed by atoms with E-state index in [1.54, 1.807) is 4.90 Å². The molecular weight excluding hydrogens is 471 g/mol. The number of alkyl halides is 3. The van der Waals surface area contributed by atoms with Crippen molar-refractivity contribution in [1.29, 1.82) is 0 Å². The maximum atomic E-state index is 13.2. The molecule has 3 aliphatic rings. The van der Waals surface area contributed by atoms with E-state index in [0.29, 0.717) is 24.6 Å². The van der Waals surface area contributed by atoms with Crippen molar-refractivity contribution >= 4 is 5.91 Å². The van der Waals surface area contributed by atoms with E-state index in [9.17, 15) is 22.8 Å². The summed E-state index contributed by atoms with van der Waals surface area (Å²) in [5, 5.41) is 3.77. The number of hydrogen-bond acceptors (Lipinski definition) is 4. The van der Waals surface area contributed by atoms with Gasteiger partial charge in [-0.25, -0.2) is 0 Å². The number of fused-ring (bicyclic) bond motifs is 1. The van der Waals surface area contributed by atoms with Crippen LogP contribution in [0.3, 0.4) is 0 Å². The molecule has 1 saturated heterocycles. The molecule has 206 valence electrons. The van der Waals surface area contributed by atoms with Gasteiger partial charge < -0.3 is 19.5 Å². The third kappa shape index (κ3) is 7.81. The van der Waals surface area contributed by atoms with Gasteiger partial charge in [-0.2, -0.15) is 13.2 Å². The highest BCUT2D eigenvalue weighted by Crippen LogP contribution is 2.32. The number of carbonyl (C=O) groups excluding carboxylic acids is 1. The van der Waals surface area contributed by atoms with Gasteiger partial charge in [0.1, 0.15) is 0 Å². The van der Waals surface area contributed by atoms with Gasteiger partial charge in [0.2, 0.25) is 5.91 Å². The second-order valence-corrected chi connectivity index (χ2v) is 9.48. The minimum Gasteiger partial charge on any atom is -0.381 e. The number of nitrogens with one attached hydrogen (secondary N) is 1. The molecule has 2 fully saturated rings. The molecule has 1 aromatic rings. The summed E-state index contributed by atoms with van der Waals surface area (Å²) < 4.78 is 46.2. The van der Waals surface area contributed by atoms with Crippen molar-refractivity contribution in [2.75, 3.05) is 19.8 Å². The summed E-state index contributed by atoms with van der Waals surface area (Å²) >= 11 is 0. The second kappa shape index (κ2) is 14.2. The summed E-state index contributed by atoms with van der Waals surface area (Å²) in [5.41, 5.74) is -1.36. The average molecular weight is 516 g/mol. The summed E-state index contributed by atoms with van der Waals surface area (Å²) in [7, 11) is 0. The number of rotatable bonds is 3. The Morgan fingerprint density at radius 1 is 1.03 bits per heavy atom. The van der Waals surface area contributed by atoms with Gasteiger partial charge in [0.25, 0.3) is 5.56 Å². The lowest BCUT2D eigenvalue weighted by Crippen LogP contribution is -2.45. The molecule has 1 N–H and O–H groups in total. The van der Waals surface area contributed by atoms with Crippen LogP contribution in [0.2, 0.25) is 0 Å². The number of carbonyl (C=O) groups is 1. The Morgan fingerprint density at radius 3 is 2.44 bits per heavy atom. The molecule has 0 unspecified atom stereocenters. The quantitative estimate of drug-likeness (QED) is 0.599. The first-order chi connectivity index (χ1) is 17.2. The summed E-state index contributed by atoms with van der Waals surface area (Å²) in [5.74, 6) is 0.387. The first kappa shape index (κ1) is 30.4. The molecule has 4 rings (SSSR count). The van der Waals surface area contributed by atoms with E-state index in [0.717, 1.165) is 57.8 Å². The highest BCUT2D eigenvalue weighted by atomic mass is 19.4. The number of ether oxygens (including phenoxy) is 1. The van der Waals surface area contributed by atoms with Gasteiger partial charge >= 0.3 is 6.18 Å². The number of halogens is 3. The highest BCUT2D eigenvalue weighted by molar-refractivity contribution is 5.79. The topological polar surface area (TPSA) is 63.6 Å². The third-order valence-electron chi connectivity index (χ3n) is 7.24. The van der Waals surface area contributed by atoms with Crippen LogP contribution in [0.1, 0.15) is 84.4 Å². The van der Waals surface area contributed by atoms with Crippen LogP contribution < -0.4 is 10.9 Å². The molecule has 4 atom stereocenters. The highest BCUT2D eigenvalue weighted by Gasteiger charge is 2.37. The van der Waals surface area contributed by atoms with Gasteiger partial charge in [0.15, 0.2) is 0 Å². The Bertz CT molecular complexity index is 887. The molecule has 0 radical (unpaired) electrons. The van der Waals surface area contributed by atoms with Gasteiger partial charge in [-0.15, -0.1) is 0 Å². The van der Waals surface area contributed by atoms with E-state index in [2.05, 4.69) is 12.2 Å². The van der Waals surface area contributed by atoms with Crippen molar-refractivity contribution in [2.45, 2.75) is 104 Å². The molecule has 36 heavy (non-hydrogen) atoms. The summed E-state index contributed by atoms with van der Waals surface area (Å²) in [4.78, 5) is 26.9. The fourth-order valence-corrected chi connectivity index (χ4v) is 5.31. The molecule has 1 amide bonds. The fraction of sp³-hybridized carbons (Fsp3) is 0.778. The zero-order chi connectivity index (χ0) is 26.9. The summed E-state index contributed by atoms with van der Waals surface area (Å²) in [6.45, 7) is 12.5. The Morgan fingerprint density at radius 2 is 1.75 bits per heavy atom. The van der Waals surface area contributed by atoms with Crippen LogP contribution in [0.15, 0.2) is 16.9 Å². The van der Waals surface area contributed by atoms with Crippen molar-refractivity contribution in [3.63, 3.8) is 0 Å². The molecular formula is C27H44F3N3O3. The van der Waals surface area contributed by atoms with Crippen molar-refractivity contribution in [3.8, 4) is 0 Å². The number of amides is 1. The Labute approximate surface area is 213 Å². The molecule has 0 spiro atoms. The smallest absolute Gasteiger partial charge is 0.381 e. The zero-order valence-corrected chi connectivity index (χ0v) is 22.5. The normalized spacial score (nSPS) is 26.4. The summed E-state index contributed by atoms with van der Waals surface area (Å²) in [6, 6.07) is 2.34. The first-order valence-electron chi connectivity index (χ1n) is 13.7. The standard InChI is InChI=1S/C23H32F3N3O3.2C2H6/c1-15-6-10-32-9-2-3-20(15)27-18-5-4-16(11-18)22(31)28-7-8-29-19(14-28)12-17(13-21(29)30)23(24,25)26;2*1-2/h12-13,15-16,18,20,27H,2-11,14H2,1H3;2*1-2H3/t15-,16+,18-,20+;;/m1../s1. The van der Waals surface area contributed by atoms with Gasteiger partial charge in [-0.3, -0.25) is 9.59 Å². The van der Waals surface area contributed by atoms with Crippen LogP contribution in [0, 0.1) is 11.8 Å². The Hall–Kier alpha value is -1.87. The lowest BCUT2D eigenvalue weighted by molar-refractivity contribution is -0.138. The maximum absolute atomic E-state index is 13.2. The van der Waals surface area contributed by atoms with Crippen LogP contribution in [0.25, 0.3) is 0 Å². The molecule has 1 aliphatic carbocycles. The largest absolute Gasteiger partial charge is 0.416 e. The Balaban J connectivity index is 0.00000109. The van der Waals surface area contributed by atoms with Gasteiger partial charge in [-0.05, 0) is 50.5 Å². The van der Waals surface area contributed by atoms with Crippen LogP contribution in [-0.2, 0) is 28.8 Å². The van der Waals surface area contributed by atoms with Crippen molar-refractivity contribution in [1.82, 2.24) is 14.8 Å². The van der Waals surface area contributed by atoms with Crippen LogP contribution in [-0.4, -0.2) is 47.2 Å². The second-order valence-electron chi connectivity index (χ2n) is 9.48. The minimum absolute atomic E-state index is 0.00970. The molecule has 2 aliphatic heterocycles. The van der Waals surface area contributed by atoms with E-state index in [-0.39, 0.29) is 36.7 Å². The van der Waals surface area contributed by atoms with E-state index in [4.69, 9.17) is 4.74 Å². The lowest BCUT2D eigenvalue weighted by atomic mass is 9.92. The number of aromatic nitrogens is 1. The van der Waals surface area contributed by atoms with E-state index < -0.39 is 17.3 Å². The Kier molecular flexibility index (Phi) is 11.9. The monoisotopic (exact) mass is 515 g/mol. The third-order valence-corrected chi connectivity index (χ3v) is 7.24. The van der Waals surface area contributed by atoms with Crippen molar-refractivity contribution in [3.05, 3.63) is 33.7 Å². The average Bonchev–Trinajstić information content (AvgIpc) is 3.33. The molecule has 9 heteroatoms. The molecule has 0 bridgehead atoms. The van der Waals surface area contributed by atoms with Crippen LogP contribution >= 0.6 is 0 Å². The van der Waals surface area contributed by atoms with Crippen molar-refractivity contribution < 1.29 is 22.7 Å². The number of pyridine rings is 1. The van der Waals surface area contributed by atoms with Gasteiger partial charge in [0, 0.05) is 56.1 Å². The zero-order valence-electron chi connectivity index (χ0n) is 22.5. The number of hydrogen-bond donors (Lipinski definition) is 1. The molecule has 0 aromatic carbocycles. The fourth-order valence-electron chi connectivity index (χ4n) is 5.31. The van der Waals surface area contributed by atoms with Gasteiger partial charge in [-0.1, -0.05) is 34.6 Å².